The normalized spacial score (nSPS) is 16.8. The second-order valence-corrected chi connectivity index (χ2v) is 8.04. The maximum Gasteiger partial charge on any atom is 0.137 e. The van der Waals surface area contributed by atoms with Crippen LogP contribution in [0.15, 0.2) is 47.3 Å². The third kappa shape index (κ3) is 4.08. The Morgan fingerprint density at radius 3 is 3.00 bits per heavy atom. The molecule has 1 aliphatic rings. The van der Waals surface area contributed by atoms with Crippen LogP contribution in [0.25, 0.3) is 5.65 Å². The number of aromatic nitrogens is 3. The van der Waals surface area contributed by atoms with Crippen molar-refractivity contribution in [3.05, 3.63) is 64.3 Å². The van der Waals surface area contributed by atoms with Crippen LogP contribution < -0.4 is 5.73 Å². The van der Waals surface area contributed by atoms with Gasteiger partial charge in [0.05, 0.1) is 22.0 Å². The number of pyridine rings is 2. The van der Waals surface area contributed by atoms with Crippen molar-refractivity contribution in [2.75, 3.05) is 13.1 Å². The largest absolute Gasteiger partial charge is 0.330 e. The van der Waals surface area contributed by atoms with Crippen molar-refractivity contribution >= 4 is 21.6 Å². The molecule has 3 aromatic rings. The van der Waals surface area contributed by atoms with Gasteiger partial charge >= 0.3 is 0 Å². The number of aryl methyl sites for hydroxylation is 1. The van der Waals surface area contributed by atoms with E-state index in [0.717, 1.165) is 61.3 Å². The lowest BCUT2D eigenvalue weighted by atomic mass is 9.90. The fourth-order valence-corrected chi connectivity index (χ4v) is 4.49. The molecule has 3 heterocycles. The van der Waals surface area contributed by atoms with E-state index in [0.29, 0.717) is 6.04 Å². The molecule has 5 nitrogen and oxygen atoms in total. The predicted octanol–water partition coefficient (Wildman–Crippen LogP) is 4.11. The monoisotopic (exact) mass is 427 g/mol. The number of unbranched alkanes of at least 4 members (excludes halogenated alkanes) is 1. The summed E-state index contributed by atoms with van der Waals surface area (Å²) in [5.41, 5.74) is 10.5. The van der Waals surface area contributed by atoms with Crippen molar-refractivity contribution in [3.63, 3.8) is 0 Å². The van der Waals surface area contributed by atoms with Gasteiger partial charge in [0.1, 0.15) is 5.65 Å². The van der Waals surface area contributed by atoms with E-state index >= 15 is 0 Å². The van der Waals surface area contributed by atoms with Crippen molar-refractivity contribution < 1.29 is 0 Å². The smallest absolute Gasteiger partial charge is 0.137 e. The van der Waals surface area contributed by atoms with E-state index in [1.807, 2.05) is 24.4 Å². The minimum atomic E-state index is 0.362. The molecule has 2 N–H and O–H groups in total. The summed E-state index contributed by atoms with van der Waals surface area (Å²) in [4.78, 5) is 12.1. The van der Waals surface area contributed by atoms with E-state index in [9.17, 15) is 0 Å². The van der Waals surface area contributed by atoms with Crippen LogP contribution in [-0.2, 0) is 13.0 Å². The highest BCUT2D eigenvalue weighted by Gasteiger charge is 2.27. The Balaban J connectivity index is 1.62. The molecule has 0 spiro atoms. The summed E-state index contributed by atoms with van der Waals surface area (Å²) in [6.07, 6.45) is 9.73. The number of hydrogen-bond acceptors (Lipinski definition) is 4. The molecule has 0 aromatic carbocycles. The van der Waals surface area contributed by atoms with Gasteiger partial charge < -0.3 is 5.73 Å². The van der Waals surface area contributed by atoms with Gasteiger partial charge in [-0.05, 0) is 84.9 Å². The van der Waals surface area contributed by atoms with Crippen LogP contribution in [0, 0.1) is 0 Å². The summed E-state index contributed by atoms with van der Waals surface area (Å²) in [6.45, 7) is 2.60. The Hall–Kier alpha value is -1.76. The Labute approximate surface area is 168 Å². The summed E-state index contributed by atoms with van der Waals surface area (Å²) in [7, 11) is 0. The summed E-state index contributed by atoms with van der Waals surface area (Å²) >= 11 is 3.61. The summed E-state index contributed by atoms with van der Waals surface area (Å²) < 4.78 is 3.12. The molecule has 0 bridgehead atoms. The lowest BCUT2D eigenvalue weighted by molar-refractivity contribution is 0.161. The van der Waals surface area contributed by atoms with Crippen LogP contribution in [0.5, 0.6) is 0 Å². The van der Waals surface area contributed by atoms with Gasteiger partial charge in [-0.3, -0.25) is 14.3 Å². The van der Waals surface area contributed by atoms with Crippen molar-refractivity contribution in [1.29, 1.82) is 0 Å². The van der Waals surface area contributed by atoms with Gasteiger partial charge in [-0.15, -0.1) is 0 Å². The minimum absolute atomic E-state index is 0.362. The number of nitrogens with zero attached hydrogens (tertiary/aromatic N) is 4. The zero-order valence-corrected chi connectivity index (χ0v) is 17.1. The molecule has 4 rings (SSSR count). The van der Waals surface area contributed by atoms with Gasteiger partial charge in [0.2, 0.25) is 0 Å². The van der Waals surface area contributed by atoms with Crippen LogP contribution >= 0.6 is 15.9 Å². The fraction of sp³-hybridized carbons (Fsp3) is 0.429. The molecule has 0 fully saturated rings. The average Bonchev–Trinajstić information content (AvgIpc) is 3.11. The zero-order valence-electron chi connectivity index (χ0n) is 15.5. The molecule has 6 heteroatoms. The number of halogens is 1. The second-order valence-electron chi connectivity index (χ2n) is 7.23. The molecule has 142 valence electrons. The zero-order chi connectivity index (χ0) is 18.6. The highest BCUT2D eigenvalue weighted by atomic mass is 79.9. The van der Waals surface area contributed by atoms with Gasteiger partial charge in [-0.2, -0.15) is 0 Å². The van der Waals surface area contributed by atoms with Crippen LogP contribution in [-0.4, -0.2) is 32.4 Å². The van der Waals surface area contributed by atoms with E-state index in [-0.39, 0.29) is 0 Å². The third-order valence-electron chi connectivity index (χ3n) is 5.36. The Morgan fingerprint density at radius 1 is 1.22 bits per heavy atom. The predicted molar refractivity (Wildman–Crippen MR) is 112 cm³/mol. The number of hydrogen-bond donors (Lipinski definition) is 1. The molecule has 0 aliphatic heterocycles. The van der Waals surface area contributed by atoms with E-state index in [2.05, 4.69) is 43.6 Å². The molecule has 1 unspecified atom stereocenters. The van der Waals surface area contributed by atoms with E-state index < -0.39 is 0 Å². The van der Waals surface area contributed by atoms with Crippen molar-refractivity contribution in [2.45, 2.75) is 44.7 Å². The second kappa shape index (κ2) is 8.50. The molecule has 0 saturated carbocycles. The van der Waals surface area contributed by atoms with Crippen LogP contribution in [0.1, 0.15) is 48.7 Å². The topological polar surface area (TPSA) is 59.5 Å². The highest BCUT2D eigenvalue weighted by molar-refractivity contribution is 9.10. The molecular formula is C21H26BrN5. The molecule has 1 atom stereocenters. The highest BCUT2D eigenvalue weighted by Crippen LogP contribution is 2.34. The molecular weight excluding hydrogens is 402 g/mol. The number of fused-ring (bicyclic) bond motifs is 2. The lowest BCUT2D eigenvalue weighted by Gasteiger charge is -2.34. The van der Waals surface area contributed by atoms with Crippen molar-refractivity contribution in [3.8, 4) is 0 Å². The molecule has 1 aliphatic carbocycles. The molecule has 3 aromatic heterocycles. The van der Waals surface area contributed by atoms with E-state index in [4.69, 9.17) is 15.7 Å². The Morgan fingerprint density at radius 2 is 2.15 bits per heavy atom. The SMILES string of the molecule is NCCCCN(Cc1cn2c(Br)cccc2n1)C1CCCc2cccnc21. The first-order valence-corrected chi connectivity index (χ1v) is 10.6. The summed E-state index contributed by atoms with van der Waals surface area (Å²) in [5, 5.41) is 0. The first-order valence-electron chi connectivity index (χ1n) is 9.76. The molecule has 0 radical (unpaired) electrons. The maximum absolute atomic E-state index is 5.74. The number of nitrogens with two attached hydrogens (primary N) is 1. The Bertz CT molecular complexity index is 906. The van der Waals surface area contributed by atoms with Crippen LogP contribution in [0.2, 0.25) is 0 Å². The van der Waals surface area contributed by atoms with Crippen LogP contribution in [0.4, 0.5) is 0 Å². The average molecular weight is 428 g/mol. The first-order chi connectivity index (χ1) is 13.3. The molecule has 27 heavy (non-hydrogen) atoms. The van der Waals surface area contributed by atoms with Crippen molar-refractivity contribution in [2.24, 2.45) is 5.73 Å². The quantitative estimate of drug-likeness (QED) is 0.455. The maximum atomic E-state index is 5.74. The molecule has 0 saturated heterocycles. The fourth-order valence-electron chi connectivity index (χ4n) is 4.06. The lowest BCUT2D eigenvalue weighted by Crippen LogP contribution is -2.33. The first kappa shape index (κ1) is 18.6. The summed E-state index contributed by atoms with van der Waals surface area (Å²) in [5.74, 6) is 0. The van der Waals surface area contributed by atoms with Crippen molar-refractivity contribution in [1.82, 2.24) is 19.3 Å². The number of rotatable bonds is 7. The molecule has 0 amide bonds. The summed E-state index contributed by atoms with van der Waals surface area (Å²) in [6, 6.07) is 10.8. The minimum Gasteiger partial charge on any atom is -0.330 e. The standard InChI is InChI=1S/C21H26BrN5/c22-19-9-4-10-20-25-17(15-27(19)20)14-26(13-2-1-11-23)18-8-3-6-16-7-5-12-24-21(16)18/h4-5,7,9-10,12,15,18H,1-3,6,8,11,13-14,23H2. The van der Waals surface area contributed by atoms with Gasteiger partial charge in [0.15, 0.2) is 0 Å². The van der Waals surface area contributed by atoms with E-state index in [1.165, 1.54) is 17.7 Å². The van der Waals surface area contributed by atoms with Crippen LogP contribution in [0.3, 0.4) is 0 Å². The third-order valence-corrected chi connectivity index (χ3v) is 6.01. The van der Waals surface area contributed by atoms with E-state index in [1.54, 1.807) is 0 Å². The van der Waals surface area contributed by atoms with Gasteiger partial charge in [0.25, 0.3) is 0 Å². The van der Waals surface area contributed by atoms with Gasteiger partial charge in [0, 0.05) is 18.9 Å². The Kier molecular flexibility index (Phi) is 5.86. The van der Waals surface area contributed by atoms with Gasteiger partial charge in [-0.25, -0.2) is 4.98 Å². The van der Waals surface area contributed by atoms with Gasteiger partial charge in [-0.1, -0.05) is 12.1 Å². The number of imidazole rings is 1.